The fourth-order valence-corrected chi connectivity index (χ4v) is 4.07. The van der Waals surface area contributed by atoms with Crippen molar-refractivity contribution in [3.05, 3.63) is 17.6 Å². The van der Waals surface area contributed by atoms with Crippen molar-refractivity contribution in [2.45, 2.75) is 83.4 Å². The molecule has 0 aromatic carbocycles. The number of nitrogens with zero attached hydrogens (tertiary/aromatic N) is 3. The van der Waals surface area contributed by atoms with Gasteiger partial charge in [0.25, 0.3) is 0 Å². The van der Waals surface area contributed by atoms with Crippen LogP contribution >= 0.6 is 0 Å². The first kappa shape index (κ1) is 17.6. The molecule has 1 aliphatic heterocycles. The molecule has 2 fully saturated rings. The van der Waals surface area contributed by atoms with E-state index in [0.29, 0.717) is 12.1 Å². The molecular weight excluding hydrogens is 300 g/mol. The molecule has 3 rings (SSSR count). The van der Waals surface area contributed by atoms with Gasteiger partial charge in [-0.15, -0.1) is 0 Å². The van der Waals surface area contributed by atoms with Crippen LogP contribution in [0.15, 0.2) is 6.20 Å². The first-order chi connectivity index (χ1) is 11.7. The van der Waals surface area contributed by atoms with E-state index >= 15 is 0 Å². The summed E-state index contributed by atoms with van der Waals surface area (Å²) in [5.41, 5.74) is 1.28. The van der Waals surface area contributed by atoms with Crippen LogP contribution in [0.3, 0.4) is 0 Å². The molecule has 24 heavy (non-hydrogen) atoms. The molecule has 0 radical (unpaired) electrons. The van der Waals surface area contributed by atoms with E-state index in [2.05, 4.69) is 22.1 Å². The minimum Gasteiger partial charge on any atom is -0.392 e. The number of aliphatic hydroxyl groups excluding tert-OH is 1. The van der Waals surface area contributed by atoms with Crippen molar-refractivity contribution in [2.75, 3.05) is 18.0 Å². The van der Waals surface area contributed by atoms with E-state index in [9.17, 15) is 5.11 Å². The highest BCUT2D eigenvalue weighted by molar-refractivity contribution is 5.46. The van der Waals surface area contributed by atoms with E-state index in [1.165, 1.54) is 18.4 Å². The standard InChI is InChI=1S/C19H32N4O/c1-3-6-15-13-20-14(2)21-19(15)23-11-9-16(10-12-23)22-17-7-4-5-8-18(17)24/h13,16-18,22,24H,3-12H2,1-2H3/t17-,18-/m0/s1. The number of aromatic nitrogens is 2. The van der Waals surface area contributed by atoms with Crippen LogP contribution in [0.2, 0.25) is 0 Å². The second kappa shape index (κ2) is 8.26. The lowest BCUT2D eigenvalue weighted by atomic mass is 9.91. The number of nitrogens with one attached hydrogen (secondary N) is 1. The first-order valence-electron chi connectivity index (χ1n) is 9.69. The molecule has 1 saturated heterocycles. The van der Waals surface area contributed by atoms with E-state index in [-0.39, 0.29) is 6.10 Å². The Bertz CT molecular complexity index is 528. The third-order valence-corrected chi connectivity index (χ3v) is 5.46. The molecule has 0 bridgehead atoms. The van der Waals surface area contributed by atoms with Gasteiger partial charge in [-0.2, -0.15) is 0 Å². The number of aliphatic hydroxyl groups is 1. The topological polar surface area (TPSA) is 61.3 Å². The lowest BCUT2D eigenvalue weighted by Crippen LogP contribution is -2.51. The Labute approximate surface area is 145 Å². The van der Waals surface area contributed by atoms with Gasteiger partial charge < -0.3 is 15.3 Å². The highest BCUT2D eigenvalue weighted by Crippen LogP contribution is 2.25. The van der Waals surface area contributed by atoms with Crippen LogP contribution in [0.25, 0.3) is 0 Å². The van der Waals surface area contributed by atoms with Crippen molar-refractivity contribution >= 4 is 5.82 Å². The zero-order chi connectivity index (χ0) is 16.9. The van der Waals surface area contributed by atoms with Gasteiger partial charge in [-0.25, -0.2) is 9.97 Å². The normalized spacial score (nSPS) is 25.9. The Morgan fingerprint density at radius 3 is 2.67 bits per heavy atom. The smallest absolute Gasteiger partial charge is 0.135 e. The second-order valence-corrected chi connectivity index (χ2v) is 7.40. The zero-order valence-electron chi connectivity index (χ0n) is 15.2. The number of hydrogen-bond acceptors (Lipinski definition) is 5. The van der Waals surface area contributed by atoms with Gasteiger partial charge in [0.1, 0.15) is 11.6 Å². The molecule has 2 heterocycles. The molecule has 1 aromatic rings. The van der Waals surface area contributed by atoms with Gasteiger partial charge in [0.15, 0.2) is 0 Å². The first-order valence-corrected chi connectivity index (χ1v) is 9.69. The Morgan fingerprint density at radius 1 is 1.21 bits per heavy atom. The monoisotopic (exact) mass is 332 g/mol. The molecule has 2 aliphatic rings. The van der Waals surface area contributed by atoms with Crippen molar-refractivity contribution < 1.29 is 5.11 Å². The number of piperidine rings is 1. The molecule has 5 heteroatoms. The maximum Gasteiger partial charge on any atom is 0.135 e. The molecule has 5 nitrogen and oxygen atoms in total. The summed E-state index contributed by atoms with van der Waals surface area (Å²) < 4.78 is 0. The number of hydrogen-bond donors (Lipinski definition) is 2. The Hall–Kier alpha value is -1.20. The molecule has 0 unspecified atom stereocenters. The van der Waals surface area contributed by atoms with Gasteiger partial charge in [-0.3, -0.25) is 0 Å². The van der Waals surface area contributed by atoms with Gasteiger partial charge in [-0.05, 0) is 39.0 Å². The van der Waals surface area contributed by atoms with Crippen LogP contribution in [0, 0.1) is 6.92 Å². The van der Waals surface area contributed by atoms with Crippen LogP contribution in [0.5, 0.6) is 0 Å². The van der Waals surface area contributed by atoms with E-state index in [0.717, 1.165) is 63.3 Å². The quantitative estimate of drug-likeness (QED) is 0.868. The number of rotatable bonds is 5. The van der Waals surface area contributed by atoms with Gasteiger partial charge in [-0.1, -0.05) is 26.2 Å². The summed E-state index contributed by atoms with van der Waals surface area (Å²) in [5, 5.41) is 13.9. The van der Waals surface area contributed by atoms with Gasteiger partial charge in [0, 0.05) is 36.9 Å². The molecule has 134 valence electrons. The number of anilines is 1. The molecule has 2 N–H and O–H groups in total. The highest BCUT2D eigenvalue weighted by Gasteiger charge is 2.28. The van der Waals surface area contributed by atoms with Crippen molar-refractivity contribution in [3.63, 3.8) is 0 Å². The van der Waals surface area contributed by atoms with Crippen molar-refractivity contribution in [2.24, 2.45) is 0 Å². The van der Waals surface area contributed by atoms with Crippen LogP contribution in [-0.2, 0) is 6.42 Å². The minimum atomic E-state index is -0.155. The predicted octanol–water partition coefficient (Wildman–Crippen LogP) is 2.60. The summed E-state index contributed by atoms with van der Waals surface area (Å²) in [6.07, 6.45) is 10.7. The zero-order valence-corrected chi connectivity index (χ0v) is 15.2. The molecule has 2 atom stereocenters. The average molecular weight is 332 g/mol. The van der Waals surface area contributed by atoms with E-state index < -0.39 is 0 Å². The van der Waals surface area contributed by atoms with Crippen LogP contribution in [-0.4, -0.2) is 46.4 Å². The highest BCUT2D eigenvalue weighted by atomic mass is 16.3. The Morgan fingerprint density at radius 2 is 1.96 bits per heavy atom. The lowest BCUT2D eigenvalue weighted by Gasteiger charge is -2.38. The largest absolute Gasteiger partial charge is 0.392 e. The third-order valence-electron chi connectivity index (χ3n) is 5.46. The van der Waals surface area contributed by atoms with Crippen LogP contribution in [0.1, 0.15) is 63.3 Å². The Balaban J connectivity index is 1.58. The van der Waals surface area contributed by atoms with E-state index in [1.807, 2.05) is 13.1 Å². The van der Waals surface area contributed by atoms with Gasteiger partial charge in [0.05, 0.1) is 6.10 Å². The molecule has 1 aliphatic carbocycles. The van der Waals surface area contributed by atoms with Gasteiger partial charge >= 0.3 is 0 Å². The number of aryl methyl sites for hydroxylation is 2. The maximum absolute atomic E-state index is 10.2. The molecule has 1 aromatic heterocycles. The summed E-state index contributed by atoms with van der Waals surface area (Å²) in [6, 6.07) is 0.823. The molecule has 1 saturated carbocycles. The predicted molar refractivity (Wildman–Crippen MR) is 97.4 cm³/mol. The van der Waals surface area contributed by atoms with Gasteiger partial charge in [0.2, 0.25) is 0 Å². The summed E-state index contributed by atoms with van der Waals surface area (Å²) in [7, 11) is 0. The summed E-state index contributed by atoms with van der Waals surface area (Å²) in [4.78, 5) is 11.5. The van der Waals surface area contributed by atoms with Crippen molar-refractivity contribution in [1.82, 2.24) is 15.3 Å². The second-order valence-electron chi connectivity index (χ2n) is 7.40. The summed E-state index contributed by atoms with van der Waals surface area (Å²) in [5.74, 6) is 2.00. The Kier molecular flexibility index (Phi) is 6.06. The van der Waals surface area contributed by atoms with E-state index in [1.54, 1.807) is 0 Å². The van der Waals surface area contributed by atoms with Crippen molar-refractivity contribution in [3.8, 4) is 0 Å². The third kappa shape index (κ3) is 4.25. The fraction of sp³-hybridized carbons (Fsp3) is 0.789. The summed E-state index contributed by atoms with van der Waals surface area (Å²) in [6.45, 7) is 6.24. The van der Waals surface area contributed by atoms with E-state index in [4.69, 9.17) is 4.98 Å². The SMILES string of the molecule is CCCc1cnc(C)nc1N1CCC(N[C@H]2CCCC[C@@H]2O)CC1. The molecular formula is C19H32N4O. The van der Waals surface area contributed by atoms with Crippen LogP contribution in [0.4, 0.5) is 5.82 Å². The average Bonchev–Trinajstić information content (AvgIpc) is 2.59. The lowest BCUT2D eigenvalue weighted by molar-refractivity contribution is 0.0827. The molecule has 0 amide bonds. The fourth-order valence-electron chi connectivity index (χ4n) is 4.07. The minimum absolute atomic E-state index is 0.155. The molecule has 0 spiro atoms. The summed E-state index contributed by atoms with van der Waals surface area (Å²) >= 11 is 0. The maximum atomic E-state index is 10.2. The van der Waals surface area contributed by atoms with Crippen molar-refractivity contribution in [1.29, 1.82) is 0 Å². The van der Waals surface area contributed by atoms with Crippen LogP contribution < -0.4 is 10.2 Å².